The molecule has 0 saturated carbocycles. The number of aromatic nitrogens is 2. The number of aromatic amines is 1. The minimum atomic E-state index is -0.370. The first-order valence-electron chi connectivity index (χ1n) is 10.4. The molecule has 1 heterocycles. The molecule has 2 amide bonds. The highest BCUT2D eigenvalue weighted by Crippen LogP contribution is 2.28. The molecule has 0 unspecified atom stereocenters. The fourth-order valence-electron chi connectivity index (χ4n) is 3.51. The second-order valence-electron chi connectivity index (χ2n) is 7.69. The van der Waals surface area contributed by atoms with E-state index < -0.39 is 0 Å². The van der Waals surface area contributed by atoms with Gasteiger partial charge in [-0.3, -0.25) is 10.4 Å². The van der Waals surface area contributed by atoms with E-state index in [0.29, 0.717) is 29.7 Å². The number of carbonyl (C=O) groups excluding carboxylic acids is 1. The van der Waals surface area contributed by atoms with E-state index in [1.165, 1.54) is 0 Å². The zero-order valence-corrected chi connectivity index (χ0v) is 19.0. The van der Waals surface area contributed by atoms with Crippen molar-refractivity contribution in [2.45, 2.75) is 20.5 Å². The van der Waals surface area contributed by atoms with Gasteiger partial charge in [0.25, 0.3) is 0 Å². The van der Waals surface area contributed by atoms with Gasteiger partial charge in [0.05, 0.1) is 19.7 Å². The molecule has 0 aliphatic rings. The molecule has 4 rings (SSSR count). The lowest BCUT2D eigenvalue weighted by molar-refractivity contribution is 0.262. The average Bonchev–Trinajstić information content (AvgIpc) is 3.21. The van der Waals surface area contributed by atoms with Gasteiger partial charge in [-0.05, 0) is 61.4 Å². The van der Waals surface area contributed by atoms with Crippen LogP contribution in [-0.2, 0) is 6.61 Å². The number of rotatable bonds is 7. The van der Waals surface area contributed by atoms with Crippen LogP contribution >= 0.6 is 0 Å². The van der Waals surface area contributed by atoms with Crippen LogP contribution in [0.15, 0.2) is 54.6 Å². The summed E-state index contributed by atoms with van der Waals surface area (Å²) in [5.41, 5.74) is 4.56. The van der Waals surface area contributed by atoms with E-state index in [1.54, 1.807) is 14.2 Å². The molecule has 170 valence electrons. The largest absolute Gasteiger partial charge is 0.497 e. The van der Waals surface area contributed by atoms with Crippen LogP contribution in [-0.4, -0.2) is 30.4 Å². The number of H-pyrrole nitrogens is 1. The van der Waals surface area contributed by atoms with Crippen LogP contribution in [0, 0.1) is 13.8 Å². The van der Waals surface area contributed by atoms with E-state index in [9.17, 15) is 4.79 Å². The minimum absolute atomic E-state index is 0.326. The molecule has 0 radical (unpaired) electrons. The molecule has 0 spiro atoms. The van der Waals surface area contributed by atoms with Crippen LogP contribution in [0.1, 0.15) is 16.7 Å². The van der Waals surface area contributed by atoms with E-state index in [4.69, 9.17) is 14.2 Å². The van der Waals surface area contributed by atoms with Crippen molar-refractivity contribution in [3.63, 3.8) is 0 Å². The number of ether oxygens (including phenoxy) is 3. The summed E-state index contributed by atoms with van der Waals surface area (Å²) in [6.45, 7) is 4.29. The number of nitrogens with zero attached hydrogens (tertiary/aromatic N) is 1. The summed E-state index contributed by atoms with van der Waals surface area (Å²) in [6.07, 6.45) is 0. The number of urea groups is 1. The molecule has 0 aliphatic heterocycles. The first kappa shape index (κ1) is 22.0. The topological polar surface area (TPSA) is 97.5 Å². The molecule has 0 aliphatic carbocycles. The fourth-order valence-corrected chi connectivity index (χ4v) is 3.51. The number of benzene rings is 3. The molecule has 3 N–H and O–H groups in total. The SMILES string of the molecule is COc1cc(COc2ccc3[nH]nc(NC(=O)Nc4ccc(C)cc4C)c3c2)cc(OC)c1. The lowest BCUT2D eigenvalue weighted by atomic mass is 10.1. The van der Waals surface area contributed by atoms with Gasteiger partial charge in [0.1, 0.15) is 23.9 Å². The molecule has 8 heteroatoms. The van der Waals surface area contributed by atoms with E-state index in [1.807, 2.05) is 68.4 Å². The van der Waals surface area contributed by atoms with Crippen molar-refractivity contribution in [3.05, 3.63) is 71.3 Å². The molecule has 1 aromatic heterocycles. The minimum Gasteiger partial charge on any atom is -0.497 e. The third-order valence-corrected chi connectivity index (χ3v) is 5.21. The van der Waals surface area contributed by atoms with Crippen LogP contribution in [0.3, 0.4) is 0 Å². The van der Waals surface area contributed by atoms with Crippen LogP contribution in [0.25, 0.3) is 10.9 Å². The molecular formula is C25H26N4O4. The molecule has 3 aromatic carbocycles. The third kappa shape index (κ3) is 5.17. The third-order valence-electron chi connectivity index (χ3n) is 5.21. The van der Waals surface area contributed by atoms with Crippen molar-refractivity contribution in [3.8, 4) is 17.2 Å². The molecule has 0 atom stereocenters. The van der Waals surface area contributed by atoms with Gasteiger partial charge in [-0.15, -0.1) is 0 Å². The zero-order valence-electron chi connectivity index (χ0n) is 19.0. The Balaban J connectivity index is 1.47. The van der Waals surface area contributed by atoms with Crippen LogP contribution in [0.4, 0.5) is 16.3 Å². The van der Waals surface area contributed by atoms with Gasteiger partial charge in [0, 0.05) is 17.1 Å². The van der Waals surface area contributed by atoms with Gasteiger partial charge in [0.2, 0.25) is 0 Å². The summed E-state index contributed by atoms with van der Waals surface area (Å²) in [5.74, 6) is 2.45. The fraction of sp³-hybridized carbons (Fsp3) is 0.200. The van der Waals surface area contributed by atoms with Crippen molar-refractivity contribution in [1.29, 1.82) is 0 Å². The molecule has 0 saturated heterocycles. The van der Waals surface area contributed by atoms with Gasteiger partial charge in [-0.25, -0.2) is 4.79 Å². The quantitative estimate of drug-likeness (QED) is 0.352. The highest BCUT2D eigenvalue weighted by molar-refractivity contribution is 6.05. The first-order chi connectivity index (χ1) is 15.9. The maximum atomic E-state index is 12.5. The Morgan fingerprint density at radius 2 is 1.67 bits per heavy atom. The van der Waals surface area contributed by atoms with Crippen molar-refractivity contribution in [2.75, 3.05) is 24.9 Å². The van der Waals surface area contributed by atoms with E-state index >= 15 is 0 Å². The summed E-state index contributed by atoms with van der Waals surface area (Å²) in [5, 5.41) is 13.6. The van der Waals surface area contributed by atoms with Crippen LogP contribution < -0.4 is 24.8 Å². The van der Waals surface area contributed by atoms with Gasteiger partial charge >= 0.3 is 6.03 Å². The van der Waals surface area contributed by atoms with Gasteiger partial charge in [-0.2, -0.15) is 5.10 Å². The zero-order chi connectivity index (χ0) is 23.4. The van der Waals surface area contributed by atoms with Gasteiger partial charge in [-0.1, -0.05) is 17.7 Å². The second-order valence-corrected chi connectivity index (χ2v) is 7.69. The number of methoxy groups -OCH3 is 2. The normalized spacial score (nSPS) is 10.7. The smallest absolute Gasteiger partial charge is 0.324 e. The van der Waals surface area contributed by atoms with Gasteiger partial charge in [0.15, 0.2) is 5.82 Å². The first-order valence-corrected chi connectivity index (χ1v) is 10.4. The van der Waals surface area contributed by atoms with E-state index in [-0.39, 0.29) is 6.03 Å². The lowest BCUT2D eigenvalue weighted by Gasteiger charge is -2.11. The summed E-state index contributed by atoms with van der Waals surface area (Å²) < 4.78 is 16.6. The monoisotopic (exact) mass is 446 g/mol. The summed E-state index contributed by atoms with van der Waals surface area (Å²) >= 11 is 0. The summed E-state index contributed by atoms with van der Waals surface area (Å²) in [4.78, 5) is 12.5. The number of hydrogen-bond donors (Lipinski definition) is 3. The molecular weight excluding hydrogens is 420 g/mol. The predicted octanol–water partition coefficient (Wildman–Crippen LogP) is 5.42. The molecule has 0 bridgehead atoms. The predicted molar refractivity (Wildman–Crippen MR) is 129 cm³/mol. The number of hydrogen-bond acceptors (Lipinski definition) is 5. The Morgan fingerprint density at radius 3 is 2.36 bits per heavy atom. The Kier molecular flexibility index (Phi) is 6.35. The number of fused-ring (bicyclic) bond motifs is 1. The Bertz CT molecular complexity index is 1280. The van der Waals surface area contributed by atoms with Crippen molar-refractivity contribution < 1.29 is 19.0 Å². The molecule has 8 nitrogen and oxygen atoms in total. The number of aryl methyl sites for hydroxylation is 2. The van der Waals surface area contributed by atoms with Gasteiger partial charge < -0.3 is 19.5 Å². The van der Waals surface area contributed by atoms with Crippen LogP contribution in [0.5, 0.6) is 17.2 Å². The second kappa shape index (κ2) is 9.52. The van der Waals surface area contributed by atoms with Crippen molar-refractivity contribution in [2.24, 2.45) is 0 Å². The summed E-state index contributed by atoms with van der Waals surface area (Å²) in [6, 6.07) is 16.6. The number of anilines is 2. The number of carbonyl (C=O) groups is 1. The highest BCUT2D eigenvalue weighted by Gasteiger charge is 2.12. The molecule has 4 aromatic rings. The molecule has 0 fully saturated rings. The number of nitrogens with one attached hydrogen (secondary N) is 3. The number of amides is 2. The average molecular weight is 447 g/mol. The van der Waals surface area contributed by atoms with E-state index in [2.05, 4.69) is 20.8 Å². The van der Waals surface area contributed by atoms with Crippen molar-refractivity contribution >= 4 is 28.4 Å². The lowest BCUT2D eigenvalue weighted by Crippen LogP contribution is -2.20. The Hall–Kier alpha value is -4.20. The maximum Gasteiger partial charge on any atom is 0.324 e. The molecule has 33 heavy (non-hydrogen) atoms. The van der Waals surface area contributed by atoms with Crippen LogP contribution in [0.2, 0.25) is 0 Å². The highest BCUT2D eigenvalue weighted by atomic mass is 16.5. The Morgan fingerprint density at radius 1 is 0.909 bits per heavy atom. The maximum absolute atomic E-state index is 12.5. The van der Waals surface area contributed by atoms with Crippen molar-refractivity contribution in [1.82, 2.24) is 10.2 Å². The Labute approximate surface area is 191 Å². The standard InChI is InChI=1S/C25H26N4O4/c1-15-5-7-22(16(2)9-15)26-25(30)27-24-21-13-18(6-8-23(21)28-29-24)33-14-17-10-19(31-3)12-20(11-17)32-4/h5-13H,14H2,1-4H3,(H3,26,27,28,29,30). The summed E-state index contributed by atoms with van der Waals surface area (Å²) in [7, 11) is 3.22. The van der Waals surface area contributed by atoms with E-state index in [0.717, 1.165) is 33.3 Å².